The second-order valence-electron chi connectivity index (χ2n) is 5.76. The van der Waals surface area contributed by atoms with Crippen molar-refractivity contribution in [2.75, 3.05) is 19.5 Å². The number of hydrogen-bond donors (Lipinski definition) is 3. The first-order chi connectivity index (χ1) is 14.1. The Kier molecular flexibility index (Phi) is 6.21. The van der Waals surface area contributed by atoms with Gasteiger partial charge in [0.25, 0.3) is 11.8 Å². The lowest BCUT2D eigenvalue weighted by molar-refractivity contribution is 0.0846. The van der Waals surface area contributed by atoms with Crippen LogP contribution in [0.5, 0.6) is 11.5 Å². The summed E-state index contributed by atoms with van der Waals surface area (Å²) in [5.74, 6) is 0.350. The average molecular weight is 393 g/mol. The van der Waals surface area contributed by atoms with Gasteiger partial charge in [0, 0.05) is 29.2 Å². The Morgan fingerprint density at radius 1 is 0.793 bits per heavy atom. The number of carbonyl (C=O) groups is 2. The second kappa shape index (κ2) is 9.18. The highest BCUT2D eigenvalue weighted by atomic mass is 16.5. The van der Waals surface area contributed by atoms with Crippen molar-refractivity contribution in [3.63, 3.8) is 0 Å². The van der Waals surface area contributed by atoms with E-state index < -0.39 is 11.8 Å². The number of hydrazine groups is 1. The summed E-state index contributed by atoms with van der Waals surface area (Å²) in [4.78, 5) is 32.8. The fraction of sp³-hybridized carbons (Fsp3) is 0.100. The minimum Gasteiger partial charge on any atom is -0.493 e. The Balaban J connectivity index is 1.63. The van der Waals surface area contributed by atoms with Crippen molar-refractivity contribution < 1.29 is 19.1 Å². The predicted molar refractivity (Wildman–Crippen MR) is 106 cm³/mol. The van der Waals surface area contributed by atoms with E-state index in [0.29, 0.717) is 34.3 Å². The second-order valence-corrected chi connectivity index (χ2v) is 5.76. The van der Waals surface area contributed by atoms with E-state index in [2.05, 4.69) is 26.1 Å². The van der Waals surface area contributed by atoms with Crippen LogP contribution in [0.4, 0.5) is 11.6 Å². The van der Waals surface area contributed by atoms with Crippen LogP contribution in [0.25, 0.3) is 0 Å². The monoisotopic (exact) mass is 393 g/mol. The molecule has 0 saturated carbocycles. The number of aromatic nitrogens is 2. The number of methoxy groups -OCH3 is 2. The smallest absolute Gasteiger partial charge is 0.269 e. The number of nitrogens with one attached hydrogen (secondary N) is 3. The molecule has 2 amide bonds. The van der Waals surface area contributed by atoms with E-state index in [1.54, 1.807) is 54.9 Å². The molecule has 9 nitrogen and oxygen atoms in total. The van der Waals surface area contributed by atoms with Gasteiger partial charge in [0.15, 0.2) is 11.5 Å². The molecular weight excluding hydrogens is 374 g/mol. The van der Waals surface area contributed by atoms with Crippen LogP contribution in [0.15, 0.2) is 60.9 Å². The van der Waals surface area contributed by atoms with Gasteiger partial charge in [-0.1, -0.05) is 6.07 Å². The highest BCUT2D eigenvalue weighted by molar-refractivity contribution is 5.99. The van der Waals surface area contributed by atoms with E-state index >= 15 is 0 Å². The Morgan fingerprint density at radius 2 is 1.45 bits per heavy atom. The number of nitrogens with zero attached hydrogens (tertiary/aromatic N) is 2. The van der Waals surface area contributed by atoms with E-state index in [4.69, 9.17) is 9.47 Å². The van der Waals surface area contributed by atoms with Gasteiger partial charge in [-0.25, -0.2) is 9.97 Å². The van der Waals surface area contributed by atoms with Crippen LogP contribution in [0.2, 0.25) is 0 Å². The van der Waals surface area contributed by atoms with E-state index in [-0.39, 0.29) is 0 Å². The third-order valence-electron chi connectivity index (χ3n) is 3.88. The molecule has 1 aromatic heterocycles. The minimum absolute atomic E-state index is 0.305. The van der Waals surface area contributed by atoms with Gasteiger partial charge in [0.2, 0.25) is 5.95 Å². The maximum atomic E-state index is 12.4. The van der Waals surface area contributed by atoms with Crippen molar-refractivity contribution in [3.8, 4) is 11.5 Å². The number of hydrogen-bond acceptors (Lipinski definition) is 7. The molecular formula is C20H19N5O4. The van der Waals surface area contributed by atoms with Crippen LogP contribution in [-0.2, 0) is 0 Å². The summed E-state index contributed by atoms with van der Waals surface area (Å²) in [6, 6.07) is 13.1. The first kappa shape index (κ1) is 19.6. The Bertz CT molecular complexity index is 1010. The van der Waals surface area contributed by atoms with Gasteiger partial charge in [0.1, 0.15) is 0 Å². The average Bonchev–Trinajstić information content (AvgIpc) is 2.77. The molecule has 29 heavy (non-hydrogen) atoms. The molecule has 0 aliphatic carbocycles. The standard InChI is InChI=1S/C20H19N5O4/c1-28-16-8-7-14(12-17(16)29-2)19(27)25-24-18(26)13-5-3-6-15(11-13)23-20-21-9-4-10-22-20/h3-12H,1-2H3,(H,24,26)(H,25,27)(H,21,22,23). The zero-order valence-electron chi connectivity index (χ0n) is 15.8. The predicted octanol–water partition coefficient (Wildman–Crippen LogP) is 2.31. The molecule has 0 fully saturated rings. The summed E-state index contributed by atoms with van der Waals surface area (Å²) in [7, 11) is 2.98. The largest absolute Gasteiger partial charge is 0.493 e. The molecule has 148 valence electrons. The number of ether oxygens (including phenoxy) is 2. The molecule has 0 saturated heterocycles. The topological polar surface area (TPSA) is 114 Å². The Morgan fingerprint density at radius 3 is 2.10 bits per heavy atom. The van der Waals surface area contributed by atoms with Crippen LogP contribution in [-0.4, -0.2) is 36.0 Å². The molecule has 0 bridgehead atoms. The van der Waals surface area contributed by atoms with Crippen LogP contribution in [0.3, 0.4) is 0 Å². The van der Waals surface area contributed by atoms with Crippen molar-refractivity contribution >= 4 is 23.5 Å². The Hall–Kier alpha value is -4.14. The lowest BCUT2D eigenvalue weighted by atomic mass is 10.2. The van der Waals surface area contributed by atoms with E-state index in [0.717, 1.165) is 0 Å². The van der Waals surface area contributed by atoms with Crippen molar-refractivity contribution in [3.05, 3.63) is 72.1 Å². The summed E-state index contributed by atoms with van der Waals surface area (Å²) in [6.07, 6.45) is 3.21. The number of rotatable bonds is 6. The highest BCUT2D eigenvalue weighted by Crippen LogP contribution is 2.27. The summed E-state index contributed by atoms with van der Waals surface area (Å²) < 4.78 is 10.3. The van der Waals surface area contributed by atoms with E-state index in [9.17, 15) is 9.59 Å². The van der Waals surface area contributed by atoms with Crippen LogP contribution in [0, 0.1) is 0 Å². The molecule has 3 aromatic rings. The van der Waals surface area contributed by atoms with Crippen molar-refractivity contribution in [1.82, 2.24) is 20.8 Å². The lowest BCUT2D eigenvalue weighted by Crippen LogP contribution is -2.41. The maximum absolute atomic E-state index is 12.4. The molecule has 0 radical (unpaired) electrons. The fourth-order valence-electron chi connectivity index (χ4n) is 2.47. The molecule has 1 heterocycles. The molecule has 0 aliphatic rings. The fourth-order valence-corrected chi connectivity index (χ4v) is 2.47. The van der Waals surface area contributed by atoms with Gasteiger partial charge in [-0.05, 0) is 42.5 Å². The quantitative estimate of drug-likeness (QED) is 0.551. The SMILES string of the molecule is COc1ccc(C(=O)NNC(=O)c2cccc(Nc3ncccn3)c2)cc1OC. The van der Waals surface area contributed by atoms with Crippen LogP contribution >= 0.6 is 0 Å². The maximum Gasteiger partial charge on any atom is 0.269 e. The lowest BCUT2D eigenvalue weighted by Gasteiger charge is -2.11. The first-order valence-corrected chi connectivity index (χ1v) is 8.57. The van der Waals surface area contributed by atoms with Crippen LogP contribution in [0.1, 0.15) is 20.7 Å². The summed E-state index contributed by atoms with van der Waals surface area (Å²) in [5, 5.41) is 3.00. The summed E-state index contributed by atoms with van der Waals surface area (Å²) in [5.41, 5.74) is 6.05. The van der Waals surface area contributed by atoms with Gasteiger partial charge < -0.3 is 14.8 Å². The Labute approximate surface area is 167 Å². The number of carbonyl (C=O) groups excluding carboxylic acids is 2. The number of benzene rings is 2. The number of amides is 2. The van der Waals surface area contributed by atoms with Crippen molar-refractivity contribution in [1.29, 1.82) is 0 Å². The third kappa shape index (κ3) is 4.98. The molecule has 3 N–H and O–H groups in total. The molecule has 0 aliphatic heterocycles. The zero-order valence-corrected chi connectivity index (χ0v) is 15.8. The molecule has 9 heteroatoms. The van der Waals surface area contributed by atoms with Crippen molar-refractivity contribution in [2.45, 2.75) is 0 Å². The van der Waals surface area contributed by atoms with E-state index in [1.807, 2.05) is 0 Å². The van der Waals surface area contributed by atoms with Gasteiger partial charge in [-0.15, -0.1) is 0 Å². The van der Waals surface area contributed by atoms with Gasteiger partial charge in [-0.2, -0.15) is 0 Å². The molecule has 0 atom stereocenters. The normalized spacial score (nSPS) is 10.0. The first-order valence-electron chi connectivity index (χ1n) is 8.57. The molecule has 0 spiro atoms. The van der Waals surface area contributed by atoms with Crippen LogP contribution < -0.4 is 25.6 Å². The summed E-state index contributed by atoms with van der Waals surface area (Å²) >= 11 is 0. The highest BCUT2D eigenvalue weighted by Gasteiger charge is 2.13. The molecule has 3 rings (SSSR count). The van der Waals surface area contributed by atoms with Gasteiger partial charge in [-0.3, -0.25) is 20.4 Å². The van der Waals surface area contributed by atoms with Gasteiger partial charge >= 0.3 is 0 Å². The van der Waals surface area contributed by atoms with Gasteiger partial charge in [0.05, 0.1) is 14.2 Å². The molecule has 2 aromatic carbocycles. The summed E-state index contributed by atoms with van der Waals surface area (Å²) in [6.45, 7) is 0. The third-order valence-corrected chi connectivity index (χ3v) is 3.88. The molecule has 0 unspecified atom stereocenters. The van der Waals surface area contributed by atoms with E-state index in [1.165, 1.54) is 20.3 Å². The number of anilines is 2. The van der Waals surface area contributed by atoms with Crippen molar-refractivity contribution in [2.24, 2.45) is 0 Å². The minimum atomic E-state index is -0.494. The zero-order chi connectivity index (χ0) is 20.6.